The number of benzene rings is 2. The van der Waals surface area contributed by atoms with Gasteiger partial charge in [0.1, 0.15) is 17.3 Å². The fourth-order valence-corrected chi connectivity index (χ4v) is 3.80. The van der Waals surface area contributed by atoms with Gasteiger partial charge in [0.2, 0.25) is 0 Å². The number of rotatable bonds is 5. The van der Waals surface area contributed by atoms with Crippen LogP contribution in [0.3, 0.4) is 0 Å². The smallest absolute Gasteiger partial charge is 0.168 e. The normalized spacial score (nSPS) is 13.4. The molecule has 1 aliphatic carbocycles. The minimum absolute atomic E-state index is 0.0617. The van der Waals surface area contributed by atoms with Crippen molar-refractivity contribution in [3.63, 3.8) is 0 Å². The maximum absolute atomic E-state index is 14.4. The number of nitrogens with one attached hydrogen (secondary N) is 1. The standard InChI is InChI=1S/C23H15ClF3N3O/c24-19-10-14(25)7-9-17(19)21(29-23-20(27)11-15(26)12-28-23)18-8-6-13-4-2-1-3-5-16(13)22(18)30-31/h1-4,6-12,21H,5H2,(H,28,29). The van der Waals surface area contributed by atoms with Gasteiger partial charge in [-0.1, -0.05) is 54.1 Å². The van der Waals surface area contributed by atoms with Crippen molar-refractivity contribution in [3.05, 3.63) is 110 Å². The van der Waals surface area contributed by atoms with Crippen LogP contribution in [-0.2, 0) is 6.42 Å². The molecule has 1 N–H and O–H groups in total. The van der Waals surface area contributed by atoms with Gasteiger partial charge in [-0.2, -0.15) is 0 Å². The summed E-state index contributed by atoms with van der Waals surface area (Å²) in [5.41, 5.74) is 2.44. The van der Waals surface area contributed by atoms with Gasteiger partial charge in [-0.3, -0.25) is 0 Å². The first kappa shape index (κ1) is 20.8. The number of aromatic nitrogens is 1. The van der Waals surface area contributed by atoms with Gasteiger partial charge in [-0.05, 0) is 40.4 Å². The van der Waals surface area contributed by atoms with E-state index in [0.717, 1.165) is 17.8 Å². The van der Waals surface area contributed by atoms with Gasteiger partial charge < -0.3 is 5.32 Å². The second-order valence-corrected chi connectivity index (χ2v) is 7.29. The van der Waals surface area contributed by atoms with Gasteiger partial charge >= 0.3 is 0 Å². The molecule has 1 aliphatic rings. The van der Waals surface area contributed by atoms with Crippen LogP contribution in [0.4, 0.5) is 24.7 Å². The highest BCUT2D eigenvalue weighted by Crippen LogP contribution is 2.40. The van der Waals surface area contributed by atoms with Gasteiger partial charge in [0, 0.05) is 16.7 Å². The molecule has 31 heavy (non-hydrogen) atoms. The molecule has 4 rings (SSSR count). The molecule has 1 heterocycles. The summed E-state index contributed by atoms with van der Waals surface area (Å²) in [7, 11) is 0. The summed E-state index contributed by atoms with van der Waals surface area (Å²) in [4.78, 5) is 15.7. The predicted octanol–water partition coefficient (Wildman–Crippen LogP) is 6.88. The Morgan fingerprint density at radius 3 is 2.58 bits per heavy atom. The van der Waals surface area contributed by atoms with E-state index in [2.05, 4.69) is 15.5 Å². The Labute approximate surface area is 181 Å². The summed E-state index contributed by atoms with van der Waals surface area (Å²) in [6.45, 7) is 0. The number of fused-ring (bicyclic) bond motifs is 1. The van der Waals surface area contributed by atoms with Gasteiger partial charge in [0.25, 0.3) is 0 Å². The van der Waals surface area contributed by atoms with Crippen LogP contribution in [0.1, 0.15) is 28.3 Å². The van der Waals surface area contributed by atoms with Crippen LogP contribution >= 0.6 is 11.6 Å². The molecule has 1 unspecified atom stereocenters. The Hall–Kier alpha value is -3.45. The first-order valence-corrected chi connectivity index (χ1v) is 9.70. The molecule has 0 spiro atoms. The number of hydrogen-bond acceptors (Lipinski definition) is 4. The lowest BCUT2D eigenvalue weighted by molar-refractivity contribution is 0.574. The number of allylic oxidation sites excluding steroid dienone is 3. The number of anilines is 1. The second-order valence-electron chi connectivity index (χ2n) is 6.88. The molecule has 0 saturated heterocycles. The summed E-state index contributed by atoms with van der Waals surface area (Å²) in [6, 6.07) is 7.00. The lowest BCUT2D eigenvalue weighted by Crippen LogP contribution is -2.16. The van der Waals surface area contributed by atoms with E-state index in [9.17, 15) is 18.1 Å². The van der Waals surface area contributed by atoms with E-state index in [-0.39, 0.29) is 16.5 Å². The zero-order valence-corrected chi connectivity index (χ0v) is 16.7. The fourth-order valence-electron chi connectivity index (χ4n) is 3.52. The van der Waals surface area contributed by atoms with Crippen molar-refractivity contribution in [3.8, 4) is 0 Å². The number of hydrogen-bond donors (Lipinski definition) is 1. The Bertz CT molecular complexity index is 1230. The molecule has 156 valence electrons. The zero-order chi connectivity index (χ0) is 22.0. The van der Waals surface area contributed by atoms with Crippen LogP contribution in [0.5, 0.6) is 0 Å². The number of pyridine rings is 1. The lowest BCUT2D eigenvalue weighted by atomic mass is 9.91. The summed E-state index contributed by atoms with van der Waals surface area (Å²) < 4.78 is 41.3. The number of halogens is 4. The highest BCUT2D eigenvalue weighted by atomic mass is 35.5. The molecule has 0 fully saturated rings. The van der Waals surface area contributed by atoms with E-state index >= 15 is 0 Å². The average Bonchev–Trinajstić information content (AvgIpc) is 2.99. The van der Waals surface area contributed by atoms with Gasteiger partial charge in [-0.15, -0.1) is 4.91 Å². The molecule has 4 nitrogen and oxygen atoms in total. The van der Waals surface area contributed by atoms with E-state index in [1.165, 1.54) is 12.1 Å². The topological polar surface area (TPSA) is 54.4 Å². The molecule has 0 saturated carbocycles. The van der Waals surface area contributed by atoms with Crippen molar-refractivity contribution in [2.75, 3.05) is 5.32 Å². The van der Waals surface area contributed by atoms with E-state index in [1.807, 2.05) is 30.4 Å². The maximum atomic E-state index is 14.4. The van der Waals surface area contributed by atoms with Crippen LogP contribution in [0.2, 0.25) is 5.02 Å². The van der Waals surface area contributed by atoms with Gasteiger partial charge in [0.15, 0.2) is 11.6 Å². The monoisotopic (exact) mass is 441 g/mol. The lowest BCUT2D eigenvalue weighted by Gasteiger charge is -2.24. The molecule has 8 heteroatoms. The van der Waals surface area contributed by atoms with Crippen molar-refractivity contribution >= 4 is 29.2 Å². The molecular formula is C23H15ClF3N3O. The first-order chi connectivity index (χ1) is 15.0. The van der Waals surface area contributed by atoms with Crippen LogP contribution in [0.15, 0.2) is 66.0 Å². The highest BCUT2D eigenvalue weighted by molar-refractivity contribution is 6.31. The van der Waals surface area contributed by atoms with E-state index in [4.69, 9.17) is 11.6 Å². The minimum atomic E-state index is -0.926. The Morgan fingerprint density at radius 1 is 1.03 bits per heavy atom. The molecule has 0 amide bonds. The predicted molar refractivity (Wildman–Crippen MR) is 115 cm³/mol. The highest BCUT2D eigenvalue weighted by Gasteiger charge is 2.25. The molecular weight excluding hydrogens is 427 g/mol. The third kappa shape index (κ3) is 4.22. The van der Waals surface area contributed by atoms with Crippen LogP contribution in [0.25, 0.3) is 6.08 Å². The molecule has 1 aromatic heterocycles. The molecule has 0 aliphatic heterocycles. The van der Waals surface area contributed by atoms with Crippen molar-refractivity contribution in [1.29, 1.82) is 0 Å². The Kier molecular flexibility index (Phi) is 5.86. The largest absolute Gasteiger partial charge is 0.357 e. The van der Waals surface area contributed by atoms with E-state index in [0.29, 0.717) is 29.2 Å². The van der Waals surface area contributed by atoms with Crippen molar-refractivity contribution in [1.82, 2.24) is 4.98 Å². The summed E-state index contributed by atoms with van der Waals surface area (Å²) in [5, 5.41) is 6.18. The molecule has 0 radical (unpaired) electrons. The van der Waals surface area contributed by atoms with E-state index in [1.54, 1.807) is 6.07 Å². The van der Waals surface area contributed by atoms with Crippen molar-refractivity contribution < 1.29 is 13.2 Å². The third-order valence-corrected chi connectivity index (χ3v) is 5.29. The average molecular weight is 442 g/mol. The van der Waals surface area contributed by atoms with Crippen LogP contribution < -0.4 is 5.32 Å². The third-order valence-electron chi connectivity index (χ3n) is 4.96. The molecule has 1 atom stereocenters. The molecule has 0 bridgehead atoms. The van der Waals surface area contributed by atoms with Crippen LogP contribution in [-0.4, -0.2) is 4.98 Å². The second kappa shape index (κ2) is 8.73. The summed E-state index contributed by atoms with van der Waals surface area (Å²) in [5.74, 6) is -2.56. The number of nitroso groups, excluding NO2 is 1. The Morgan fingerprint density at radius 2 is 1.84 bits per heavy atom. The van der Waals surface area contributed by atoms with Gasteiger partial charge in [0.05, 0.1) is 12.2 Å². The van der Waals surface area contributed by atoms with Crippen molar-refractivity contribution in [2.45, 2.75) is 12.5 Å². The molecule has 2 aromatic carbocycles. The van der Waals surface area contributed by atoms with Crippen LogP contribution in [0, 0.1) is 22.4 Å². The zero-order valence-electron chi connectivity index (χ0n) is 15.9. The van der Waals surface area contributed by atoms with Crippen molar-refractivity contribution in [2.24, 2.45) is 5.18 Å². The Balaban J connectivity index is 1.90. The minimum Gasteiger partial charge on any atom is -0.357 e. The van der Waals surface area contributed by atoms with Gasteiger partial charge in [-0.25, -0.2) is 18.2 Å². The number of nitrogens with zero attached hydrogens (tertiary/aromatic N) is 2. The van der Waals surface area contributed by atoms with E-state index < -0.39 is 23.5 Å². The fraction of sp³-hybridized carbons (Fsp3) is 0.0870. The summed E-state index contributed by atoms with van der Waals surface area (Å²) >= 11 is 6.29. The molecule has 3 aromatic rings. The summed E-state index contributed by atoms with van der Waals surface area (Å²) in [6.07, 6.45) is 8.77. The quantitative estimate of drug-likeness (QED) is 0.439. The SMILES string of the molecule is O=Nc1c(C(Nc2ncc(F)cc2F)c2ccc(F)cc2Cl)ccc2c1CC=CC=C2. The maximum Gasteiger partial charge on any atom is 0.168 e. The first-order valence-electron chi connectivity index (χ1n) is 9.33.